The third kappa shape index (κ3) is 4.37. The number of amides is 1. The van der Waals surface area contributed by atoms with Gasteiger partial charge >= 0.3 is 0 Å². The van der Waals surface area contributed by atoms with Crippen LogP contribution in [0.25, 0.3) is 0 Å². The summed E-state index contributed by atoms with van der Waals surface area (Å²) in [7, 11) is -3.62. The molecular weight excluding hydrogens is 376 g/mol. The first-order chi connectivity index (χ1) is 9.88. The van der Waals surface area contributed by atoms with Crippen molar-refractivity contribution >= 4 is 48.9 Å². The summed E-state index contributed by atoms with van der Waals surface area (Å²) in [4.78, 5) is 11.8. The molecule has 1 aromatic heterocycles. The topological polar surface area (TPSA) is 75.3 Å². The van der Waals surface area contributed by atoms with Crippen LogP contribution in [0, 0.1) is 6.92 Å². The van der Waals surface area contributed by atoms with Gasteiger partial charge in [-0.3, -0.25) is 4.79 Å². The van der Waals surface area contributed by atoms with Crippen LogP contribution in [0.3, 0.4) is 0 Å². The minimum absolute atomic E-state index is 0.190. The van der Waals surface area contributed by atoms with Gasteiger partial charge in [0.1, 0.15) is 4.21 Å². The molecule has 112 valence electrons. The molecule has 2 rings (SSSR count). The Morgan fingerprint density at radius 3 is 2.71 bits per heavy atom. The predicted molar refractivity (Wildman–Crippen MR) is 87.0 cm³/mol. The maximum absolute atomic E-state index is 11.9. The van der Waals surface area contributed by atoms with Crippen molar-refractivity contribution in [3.63, 3.8) is 0 Å². The molecule has 0 fully saturated rings. The predicted octanol–water partition coefficient (Wildman–Crippen LogP) is 2.74. The number of carbonyl (C=O) groups excluding carboxylic acids is 1. The van der Waals surface area contributed by atoms with Gasteiger partial charge in [0, 0.05) is 10.2 Å². The van der Waals surface area contributed by atoms with E-state index in [0.29, 0.717) is 5.69 Å². The number of halogens is 1. The van der Waals surface area contributed by atoms with Crippen LogP contribution in [0.4, 0.5) is 5.69 Å². The third-order valence-corrected chi connectivity index (χ3v) is 6.31. The van der Waals surface area contributed by atoms with E-state index >= 15 is 0 Å². The second-order valence-corrected chi connectivity index (χ2v) is 8.06. The second kappa shape index (κ2) is 6.69. The molecule has 0 aliphatic carbocycles. The van der Waals surface area contributed by atoms with Gasteiger partial charge in [-0.2, -0.15) is 0 Å². The first-order valence-electron chi connectivity index (χ1n) is 5.97. The summed E-state index contributed by atoms with van der Waals surface area (Å²) in [5.41, 5.74) is 1.60. The van der Waals surface area contributed by atoms with Gasteiger partial charge in [-0.1, -0.05) is 22.0 Å². The summed E-state index contributed by atoms with van der Waals surface area (Å²) in [6.45, 7) is 1.59. The van der Waals surface area contributed by atoms with Crippen molar-refractivity contribution in [2.75, 3.05) is 11.9 Å². The Hall–Kier alpha value is -1.22. The maximum atomic E-state index is 11.9. The molecule has 0 unspecified atom stereocenters. The van der Waals surface area contributed by atoms with Crippen molar-refractivity contribution in [1.29, 1.82) is 0 Å². The minimum Gasteiger partial charge on any atom is -0.325 e. The molecule has 0 aliphatic rings. The van der Waals surface area contributed by atoms with Gasteiger partial charge < -0.3 is 5.32 Å². The van der Waals surface area contributed by atoms with Gasteiger partial charge in [0.15, 0.2) is 0 Å². The monoisotopic (exact) mass is 388 g/mol. The minimum atomic E-state index is -3.62. The molecule has 8 heteroatoms. The molecule has 1 amide bonds. The van der Waals surface area contributed by atoms with E-state index in [-0.39, 0.29) is 10.8 Å². The Kier molecular flexibility index (Phi) is 5.15. The molecule has 21 heavy (non-hydrogen) atoms. The fourth-order valence-corrected chi connectivity index (χ4v) is 3.84. The zero-order valence-electron chi connectivity index (χ0n) is 11.1. The molecule has 2 aromatic rings. The standard InChI is InChI=1S/C13H13BrN2O3S2/c1-9-7-10(4-5-11(9)14)16-12(17)8-15-21(18,19)13-3-2-6-20-13/h2-7,15H,8H2,1H3,(H,16,17). The highest BCUT2D eigenvalue weighted by Gasteiger charge is 2.16. The number of anilines is 1. The van der Waals surface area contributed by atoms with Crippen molar-refractivity contribution < 1.29 is 13.2 Å². The van der Waals surface area contributed by atoms with Crippen LogP contribution in [0.5, 0.6) is 0 Å². The fraction of sp³-hybridized carbons (Fsp3) is 0.154. The fourth-order valence-electron chi connectivity index (χ4n) is 1.58. The number of thiophene rings is 1. The lowest BCUT2D eigenvalue weighted by atomic mass is 10.2. The van der Waals surface area contributed by atoms with E-state index in [0.717, 1.165) is 21.4 Å². The molecule has 2 N–H and O–H groups in total. The molecule has 1 heterocycles. The lowest BCUT2D eigenvalue weighted by Crippen LogP contribution is -2.32. The van der Waals surface area contributed by atoms with Crippen LogP contribution < -0.4 is 10.0 Å². The highest BCUT2D eigenvalue weighted by molar-refractivity contribution is 9.10. The van der Waals surface area contributed by atoms with Crippen molar-refractivity contribution in [2.24, 2.45) is 0 Å². The van der Waals surface area contributed by atoms with Crippen LogP contribution >= 0.6 is 27.3 Å². The van der Waals surface area contributed by atoms with Gasteiger partial charge in [-0.25, -0.2) is 13.1 Å². The zero-order chi connectivity index (χ0) is 15.5. The summed E-state index contributed by atoms with van der Waals surface area (Å²) in [6, 6.07) is 8.49. The van der Waals surface area contributed by atoms with Gasteiger partial charge in [0.2, 0.25) is 5.91 Å². The second-order valence-electron chi connectivity index (χ2n) is 4.27. The Labute approximate surface area is 135 Å². The molecule has 0 bridgehead atoms. The van der Waals surface area contributed by atoms with Crippen LogP contribution in [-0.2, 0) is 14.8 Å². The number of hydrogen-bond donors (Lipinski definition) is 2. The molecule has 0 spiro atoms. The molecule has 0 radical (unpaired) electrons. The van der Waals surface area contributed by atoms with Gasteiger partial charge in [0.05, 0.1) is 6.54 Å². The molecule has 0 aliphatic heterocycles. The van der Waals surface area contributed by atoms with E-state index in [1.807, 2.05) is 13.0 Å². The summed E-state index contributed by atoms with van der Waals surface area (Å²) in [5.74, 6) is -0.420. The number of nitrogens with one attached hydrogen (secondary N) is 2. The van der Waals surface area contributed by atoms with Crippen molar-refractivity contribution in [3.05, 3.63) is 45.7 Å². The molecule has 1 aromatic carbocycles. The number of benzene rings is 1. The highest BCUT2D eigenvalue weighted by atomic mass is 79.9. The van der Waals surface area contributed by atoms with Crippen molar-refractivity contribution in [3.8, 4) is 0 Å². The summed E-state index contributed by atoms with van der Waals surface area (Å²) in [5, 5.41) is 4.31. The van der Waals surface area contributed by atoms with E-state index in [4.69, 9.17) is 0 Å². The van der Waals surface area contributed by atoms with Gasteiger partial charge in [-0.05, 0) is 42.1 Å². The molecule has 0 atom stereocenters. The van der Waals surface area contributed by atoms with Crippen LogP contribution in [-0.4, -0.2) is 20.9 Å². The van der Waals surface area contributed by atoms with E-state index in [1.54, 1.807) is 23.6 Å². The maximum Gasteiger partial charge on any atom is 0.250 e. The summed E-state index contributed by atoms with van der Waals surface area (Å²) < 4.78 is 27.1. The largest absolute Gasteiger partial charge is 0.325 e. The first-order valence-corrected chi connectivity index (χ1v) is 9.13. The highest BCUT2D eigenvalue weighted by Crippen LogP contribution is 2.20. The Morgan fingerprint density at radius 1 is 1.33 bits per heavy atom. The number of sulfonamides is 1. The Bertz CT molecular complexity index is 743. The van der Waals surface area contributed by atoms with E-state index in [1.165, 1.54) is 6.07 Å². The molecular formula is C13H13BrN2O3S2. The lowest BCUT2D eigenvalue weighted by molar-refractivity contribution is -0.115. The average molecular weight is 389 g/mol. The smallest absolute Gasteiger partial charge is 0.250 e. The number of rotatable bonds is 5. The quantitative estimate of drug-likeness (QED) is 0.826. The van der Waals surface area contributed by atoms with Crippen LogP contribution in [0.1, 0.15) is 5.56 Å². The molecule has 5 nitrogen and oxygen atoms in total. The Balaban J connectivity index is 1.95. The summed E-state index contributed by atoms with van der Waals surface area (Å²) >= 11 is 4.47. The number of hydrogen-bond acceptors (Lipinski definition) is 4. The van der Waals surface area contributed by atoms with Gasteiger partial charge in [0.25, 0.3) is 10.0 Å². The van der Waals surface area contributed by atoms with Crippen LogP contribution in [0.15, 0.2) is 44.4 Å². The van der Waals surface area contributed by atoms with Crippen molar-refractivity contribution in [2.45, 2.75) is 11.1 Å². The van der Waals surface area contributed by atoms with Gasteiger partial charge in [-0.15, -0.1) is 11.3 Å². The number of aryl methyl sites for hydroxylation is 1. The SMILES string of the molecule is Cc1cc(NC(=O)CNS(=O)(=O)c2cccs2)ccc1Br. The zero-order valence-corrected chi connectivity index (χ0v) is 14.3. The number of carbonyl (C=O) groups is 1. The van der Waals surface area contributed by atoms with E-state index in [9.17, 15) is 13.2 Å². The van der Waals surface area contributed by atoms with E-state index in [2.05, 4.69) is 26.0 Å². The normalized spacial score (nSPS) is 11.3. The third-order valence-electron chi connectivity index (χ3n) is 2.62. The summed E-state index contributed by atoms with van der Waals surface area (Å²) in [6.07, 6.45) is 0. The Morgan fingerprint density at radius 2 is 2.10 bits per heavy atom. The first kappa shape index (κ1) is 16.2. The average Bonchev–Trinajstić information content (AvgIpc) is 2.96. The van der Waals surface area contributed by atoms with Crippen molar-refractivity contribution in [1.82, 2.24) is 4.72 Å². The molecule has 0 saturated heterocycles. The lowest BCUT2D eigenvalue weighted by Gasteiger charge is -2.08. The van der Waals surface area contributed by atoms with E-state index < -0.39 is 15.9 Å². The molecule has 0 saturated carbocycles. The van der Waals surface area contributed by atoms with Crippen LogP contribution in [0.2, 0.25) is 0 Å².